The summed E-state index contributed by atoms with van der Waals surface area (Å²) in [6, 6.07) is 0. The van der Waals surface area contributed by atoms with Crippen molar-refractivity contribution in [2.75, 3.05) is 0 Å². The van der Waals surface area contributed by atoms with Gasteiger partial charge in [0.1, 0.15) is 0 Å². The Bertz CT molecular complexity index is 192. The third kappa shape index (κ3) is 3.22. The van der Waals surface area contributed by atoms with Gasteiger partial charge in [-0.1, -0.05) is 31.2 Å². The molecule has 0 aliphatic rings. The molecule has 0 rings (SSSR count). The minimum absolute atomic E-state index is 1.11. The predicted molar refractivity (Wildman–Crippen MR) is 52.6 cm³/mol. The first kappa shape index (κ1) is 10.2. The van der Waals surface area contributed by atoms with Crippen molar-refractivity contribution >= 4 is 0 Å². The first-order valence-corrected chi connectivity index (χ1v) is 4.11. The van der Waals surface area contributed by atoms with E-state index in [2.05, 4.69) is 33.4 Å². The lowest BCUT2D eigenvalue weighted by molar-refractivity contribution is 1.06. The van der Waals surface area contributed by atoms with E-state index in [-0.39, 0.29) is 0 Å². The molecule has 0 saturated carbocycles. The summed E-state index contributed by atoms with van der Waals surface area (Å²) in [6.45, 7) is 12.4. The van der Waals surface area contributed by atoms with Crippen LogP contribution in [0.2, 0.25) is 0 Å². The lowest BCUT2D eigenvalue weighted by Gasteiger charge is -2.04. The van der Waals surface area contributed by atoms with Gasteiger partial charge in [-0.25, -0.2) is 0 Å². The first-order chi connectivity index (χ1) is 5.13. The van der Waals surface area contributed by atoms with Crippen molar-refractivity contribution in [1.82, 2.24) is 0 Å². The Morgan fingerprint density at radius 3 is 2.27 bits per heavy atom. The first-order valence-electron chi connectivity index (χ1n) is 4.11. The van der Waals surface area contributed by atoms with E-state index in [1.54, 1.807) is 0 Å². The van der Waals surface area contributed by atoms with E-state index in [0.717, 1.165) is 12.0 Å². The summed E-state index contributed by atoms with van der Waals surface area (Å²) in [5.74, 6) is 0. The van der Waals surface area contributed by atoms with Crippen LogP contribution in [-0.2, 0) is 0 Å². The molecular formula is C11H18. The predicted octanol–water partition coefficient (Wildman–Crippen LogP) is 3.87. The van der Waals surface area contributed by atoms with E-state index >= 15 is 0 Å². The van der Waals surface area contributed by atoms with Crippen molar-refractivity contribution in [3.8, 4) is 0 Å². The summed E-state index contributed by atoms with van der Waals surface area (Å²) in [5.41, 5.74) is 3.88. The zero-order valence-electron chi connectivity index (χ0n) is 8.07. The molecule has 62 valence electrons. The number of hydrogen-bond acceptors (Lipinski definition) is 0. The Hall–Kier alpha value is -0.780. The van der Waals surface area contributed by atoms with Crippen molar-refractivity contribution < 1.29 is 0 Å². The molecule has 0 aromatic rings. The van der Waals surface area contributed by atoms with E-state index in [9.17, 15) is 0 Å². The topological polar surface area (TPSA) is 0 Å². The van der Waals surface area contributed by atoms with Gasteiger partial charge in [0.2, 0.25) is 0 Å². The van der Waals surface area contributed by atoms with Gasteiger partial charge in [0, 0.05) is 0 Å². The average Bonchev–Trinajstić information content (AvgIpc) is 2.02. The highest BCUT2D eigenvalue weighted by atomic mass is 14.0. The number of allylic oxidation sites excluding steroid dienone is 5. The van der Waals surface area contributed by atoms with Crippen LogP contribution in [0, 0.1) is 0 Å². The Balaban J connectivity index is 4.47. The minimum atomic E-state index is 1.11. The zero-order chi connectivity index (χ0) is 8.85. The summed E-state index contributed by atoms with van der Waals surface area (Å²) >= 11 is 0. The van der Waals surface area contributed by atoms with E-state index in [0.29, 0.717) is 0 Å². The van der Waals surface area contributed by atoms with Crippen LogP contribution in [-0.4, -0.2) is 0 Å². The SMILES string of the molecule is C=C(/C=C\C)/C(C)=C(\C)CC. The second-order valence-electron chi connectivity index (χ2n) is 2.78. The van der Waals surface area contributed by atoms with E-state index < -0.39 is 0 Å². The lowest BCUT2D eigenvalue weighted by atomic mass is 10.0. The highest BCUT2D eigenvalue weighted by Crippen LogP contribution is 2.15. The summed E-state index contributed by atoms with van der Waals surface area (Å²) in [6.07, 6.45) is 5.19. The molecule has 0 heterocycles. The van der Waals surface area contributed by atoms with Gasteiger partial charge < -0.3 is 0 Å². The molecule has 0 aliphatic carbocycles. The van der Waals surface area contributed by atoms with Crippen molar-refractivity contribution in [3.63, 3.8) is 0 Å². The molecule has 0 nitrogen and oxygen atoms in total. The largest absolute Gasteiger partial charge is 0.0915 e. The maximum atomic E-state index is 3.97. The Morgan fingerprint density at radius 2 is 1.91 bits per heavy atom. The Kier molecular flexibility index (Phi) is 4.60. The molecule has 0 radical (unpaired) electrons. The van der Waals surface area contributed by atoms with Crippen LogP contribution in [0.5, 0.6) is 0 Å². The molecule has 0 fully saturated rings. The molecule has 0 heteroatoms. The Morgan fingerprint density at radius 1 is 1.36 bits per heavy atom. The van der Waals surface area contributed by atoms with Crippen molar-refractivity contribution in [2.24, 2.45) is 0 Å². The standard InChI is InChI=1S/C11H18/c1-6-8-10(4)11(5)9(3)7-2/h6,8H,4,7H2,1-3,5H3/b8-6-,11-9+. The van der Waals surface area contributed by atoms with E-state index in [4.69, 9.17) is 0 Å². The molecule has 0 aromatic carbocycles. The second-order valence-corrected chi connectivity index (χ2v) is 2.78. The van der Waals surface area contributed by atoms with Crippen LogP contribution >= 0.6 is 0 Å². The normalized spacial score (nSPS) is 13.5. The molecule has 11 heavy (non-hydrogen) atoms. The molecule has 0 bridgehead atoms. The summed E-state index contributed by atoms with van der Waals surface area (Å²) in [5, 5.41) is 0. The van der Waals surface area contributed by atoms with Crippen molar-refractivity contribution in [3.05, 3.63) is 35.5 Å². The van der Waals surface area contributed by atoms with Crippen LogP contribution in [0.15, 0.2) is 35.5 Å². The number of hydrogen-bond donors (Lipinski definition) is 0. The molecule has 0 amide bonds. The van der Waals surface area contributed by atoms with Gasteiger partial charge in [0.15, 0.2) is 0 Å². The third-order valence-electron chi connectivity index (χ3n) is 2.02. The van der Waals surface area contributed by atoms with Gasteiger partial charge >= 0.3 is 0 Å². The van der Waals surface area contributed by atoms with E-state index in [1.165, 1.54) is 11.1 Å². The zero-order valence-corrected chi connectivity index (χ0v) is 8.07. The van der Waals surface area contributed by atoms with Crippen LogP contribution in [0.1, 0.15) is 34.1 Å². The van der Waals surface area contributed by atoms with Gasteiger partial charge in [-0.3, -0.25) is 0 Å². The lowest BCUT2D eigenvalue weighted by Crippen LogP contribution is -1.84. The molecular weight excluding hydrogens is 132 g/mol. The molecule has 0 N–H and O–H groups in total. The Labute approximate surface area is 70.3 Å². The third-order valence-corrected chi connectivity index (χ3v) is 2.02. The fraction of sp³-hybridized carbons (Fsp3) is 0.455. The molecule has 0 saturated heterocycles. The maximum Gasteiger partial charge on any atom is -0.0303 e. The second kappa shape index (κ2) is 4.95. The van der Waals surface area contributed by atoms with Crippen molar-refractivity contribution in [2.45, 2.75) is 34.1 Å². The fourth-order valence-corrected chi connectivity index (χ4v) is 0.865. The monoisotopic (exact) mass is 150 g/mol. The highest BCUT2D eigenvalue weighted by molar-refractivity contribution is 5.38. The van der Waals surface area contributed by atoms with Crippen LogP contribution < -0.4 is 0 Å². The van der Waals surface area contributed by atoms with Gasteiger partial charge in [-0.15, -0.1) is 0 Å². The van der Waals surface area contributed by atoms with Gasteiger partial charge in [0.05, 0.1) is 0 Å². The number of rotatable bonds is 3. The smallest absolute Gasteiger partial charge is 0.0303 e. The fourth-order valence-electron chi connectivity index (χ4n) is 0.865. The molecule has 0 aliphatic heterocycles. The van der Waals surface area contributed by atoms with Crippen LogP contribution in [0.25, 0.3) is 0 Å². The highest BCUT2D eigenvalue weighted by Gasteiger charge is 1.95. The van der Waals surface area contributed by atoms with E-state index in [1.807, 2.05) is 13.0 Å². The average molecular weight is 150 g/mol. The quantitative estimate of drug-likeness (QED) is 0.536. The molecule has 0 aromatic heterocycles. The van der Waals surface area contributed by atoms with Gasteiger partial charge in [-0.05, 0) is 38.3 Å². The maximum absolute atomic E-state index is 3.97. The van der Waals surface area contributed by atoms with Gasteiger partial charge in [-0.2, -0.15) is 0 Å². The molecule has 0 atom stereocenters. The summed E-state index contributed by atoms with van der Waals surface area (Å²) in [4.78, 5) is 0. The molecule has 0 unspecified atom stereocenters. The van der Waals surface area contributed by atoms with Crippen LogP contribution in [0.3, 0.4) is 0 Å². The van der Waals surface area contributed by atoms with Crippen LogP contribution in [0.4, 0.5) is 0 Å². The summed E-state index contributed by atoms with van der Waals surface area (Å²) in [7, 11) is 0. The van der Waals surface area contributed by atoms with Gasteiger partial charge in [0.25, 0.3) is 0 Å². The summed E-state index contributed by atoms with van der Waals surface area (Å²) < 4.78 is 0. The minimum Gasteiger partial charge on any atom is -0.0915 e. The molecule has 0 spiro atoms. The van der Waals surface area contributed by atoms with Crippen molar-refractivity contribution in [1.29, 1.82) is 0 Å².